The number of nitrogens with one attached hydrogen (secondary N) is 2. The van der Waals surface area contributed by atoms with Gasteiger partial charge < -0.3 is 41.1 Å². The third-order valence-electron chi connectivity index (χ3n) is 11.1. The molecule has 15 nitrogen and oxygen atoms in total. The molecule has 0 saturated carbocycles. The second-order valence-electron chi connectivity index (χ2n) is 16.9. The number of aromatic hydroxyl groups is 1. The van der Waals surface area contributed by atoms with Crippen LogP contribution in [0.5, 0.6) is 11.5 Å². The number of carbonyl (C=O) groups excluding carboxylic acids is 4. The largest absolute Gasteiger partial charge is 0.507 e. The molecule has 0 aliphatic carbocycles. The molecule has 3 heterocycles. The normalized spacial score (nSPS) is 15.9. The van der Waals surface area contributed by atoms with Crippen LogP contribution in [0.3, 0.4) is 0 Å². The minimum absolute atomic E-state index is 0.0238. The zero-order valence-corrected chi connectivity index (χ0v) is 37.1. The van der Waals surface area contributed by atoms with Gasteiger partial charge >= 0.3 is 0 Å². The van der Waals surface area contributed by atoms with Gasteiger partial charge in [-0.2, -0.15) is 0 Å². The Morgan fingerprint density at radius 1 is 0.937 bits per heavy atom. The van der Waals surface area contributed by atoms with E-state index in [1.165, 1.54) is 9.80 Å². The Bertz CT molecular complexity index is 2370. The van der Waals surface area contributed by atoms with E-state index >= 15 is 0 Å². The van der Waals surface area contributed by atoms with Crippen molar-refractivity contribution in [3.05, 3.63) is 102 Å². The van der Waals surface area contributed by atoms with E-state index in [9.17, 15) is 29.4 Å². The lowest BCUT2D eigenvalue weighted by Crippen LogP contribution is -2.57. The zero-order valence-electron chi connectivity index (χ0n) is 36.3. The summed E-state index contributed by atoms with van der Waals surface area (Å²) in [6, 6.07) is 22.9. The van der Waals surface area contributed by atoms with Crippen molar-refractivity contribution in [3.63, 3.8) is 0 Å². The van der Waals surface area contributed by atoms with Gasteiger partial charge in [-0.15, -0.1) is 21.5 Å². The van der Waals surface area contributed by atoms with Crippen molar-refractivity contribution in [2.45, 2.75) is 90.4 Å². The highest BCUT2D eigenvalue weighted by Crippen LogP contribution is 2.33. The number of hydrogen-bond donors (Lipinski definition) is 5. The SMILES string of the molecule is Cc1ncsc1-c1ccc(N(C)C(=O)[C@@H]2C[C@@H](O)CN2C(=O)[C@@H](NC(=O)CCCCCC(=O)NC(COc2cc(-c3ccccc3O)nnc2N)c2ccccc2)C(C)(C)C)cc1. The van der Waals surface area contributed by atoms with Gasteiger partial charge in [0.05, 0.1) is 28.2 Å². The number of likely N-dealkylation sites (N-methyl/N-ethyl adjacent to an activating group) is 1. The number of aliphatic hydroxyl groups excluding tert-OH is 1. The molecule has 63 heavy (non-hydrogen) atoms. The number of aliphatic hydroxyl groups is 1. The topological polar surface area (TPSA) is 213 Å². The summed E-state index contributed by atoms with van der Waals surface area (Å²) in [5, 5.41) is 35.1. The van der Waals surface area contributed by atoms with E-state index in [1.807, 2.05) is 82.3 Å². The maximum absolute atomic E-state index is 14.2. The van der Waals surface area contributed by atoms with Crippen LogP contribution in [0.15, 0.2) is 90.4 Å². The number of nitrogens with zero attached hydrogens (tertiary/aromatic N) is 5. The zero-order chi connectivity index (χ0) is 45.3. The van der Waals surface area contributed by atoms with Gasteiger partial charge in [0.2, 0.25) is 23.6 Å². The van der Waals surface area contributed by atoms with E-state index in [-0.39, 0.29) is 67.5 Å². The first kappa shape index (κ1) is 46.1. The highest BCUT2D eigenvalue weighted by atomic mass is 32.1. The fraction of sp³-hybridized carbons (Fsp3) is 0.383. The summed E-state index contributed by atoms with van der Waals surface area (Å²) in [6.07, 6.45) is 1.13. The highest BCUT2D eigenvalue weighted by Gasteiger charge is 2.45. The Labute approximate surface area is 371 Å². The third kappa shape index (κ3) is 11.8. The fourth-order valence-electron chi connectivity index (χ4n) is 7.52. The minimum Gasteiger partial charge on any atom is -0.507 e. The van der Waals surface area contributed by atoms with E-state index < -0.39 is 35.6 Å². The average molecular weight is 877 g/mol. The third-order valence-corrected chi connectivity index (χ3v) is 12.1. The number of β-amino-alcohol motifs (C(OH)–C–C–N with tert-alkyl or cyclic N) is 1. The number of phenolic OH excluding ortho intramolecular Hbond substituents is 1. The van der Waals surface area contributed by atoms with E-state index in [2.05, 4.69) is 25.8 Å². The number of nitrogen functional groups attached to an aromatic ring is 1. The fourth-order valence-corrected chi connectivity index (χ4v) is 8.33. The lowest BCUT2D eigenvalue weighted by atomic mass is 9.85. The molecule has 5 aromatic rings. The van der Waals surface area contributed by atoms with Gasteiger partial charge in [0, 0.05) is 50.2 Å². The Kier molecular flexibility index (Phi) is 15.1. The summed E-state index contributed by atoms with van der Waals surface area (Å²) in [5.74, 6) is -0.921. The van der Waals surface area contributed by atoms with Crippen molar-refractivity contribution in [3.8, 4) is 33.2 Å². The number of para-hydroxylation sites is 1. The van der Waals surface area contributed by atoms with Crippen LogP contribution in [0.25, 0.3) is 21.7 Å². The maximum Gasteiger partial charge on any atom is 0.249 e. The molecule has 3 aromatic carbocycles. The number of aryl methyl sites for hydroxylation is 1. The standard InChI is InChI=1S/C47H56N8O7S/c1-29-42(63-28-49-29)31-20-22-32(23-21-31)54(5)45(60)37-24-33(56)26-55(37)46(61)43(47(2,3)4)51-41(59)19-11-7-10-18-40(58)50-36(30-14-8-6-9-15-30)27-62-39-25-35(52-53-44(39)48)34-16-12-13-17-38(34)57/h6,8-9,12-17,20-23,25,28,33,36-37,43,56-57H,7,10-11,18-19,24,26-27H2,1-5H3,(H2,48,53)(H,50,58)(H,51,59)/t33-,36?,37+,43-/m1/s1. The minimum atomic E-state index is -0.948. The molecular formula is C47H56N8O7S. The van der Waals surface area contributed by atoms with Gasteiger partial charge in [-0.05, 0) is 60.6 Å². The Hall–Kier alpha value is -6.39. The molecule has 0 radical (unpaired) electrons. The number of carbonyl (C=O) groups is 4. The predicted octanol–water partition coefficient (Wildman–Crippen LogP) is 6.21. The molecule has 6 rings (SSSR count). The molecule has 4 amide bonds. The molecule has 16 heteroatoms. The Morgan fingerprint density at radius 2 is 1.60 bits per heavy atom. The molecule has 2 aromatic heterocycles. The lowest BCUT2D eigenvalue weighted by Gasteiger charge is -2.36. The van der Waals surface area contributed by atoms with Gasteiger partial charge in [-0.3, -0.25) is 19.2 Å². The first-order valence-corrected chi connectivity index (χ1v) is 21.9. The summed E-state index contributed by atoms with van der Waals surface area (Å²) >= 11 is 1.54. The monoisotopic (exact) mass is 876 g/mol. The van der Waals surface area contributed by atoms with Crippen molar-refractivity contribution >= 4 is 46.5 Å². The van der Waals surface area contributed by atoms with Gasteiger partial charge in [-0.25, -0.2) is 4.98 Å². The number of aromatic nitrogens is 3. The molecule has 1 aliphatic heterocycles. The van der Waals surface area contributed by atoms with Gasteiger partial charge in [0.1, 0.15) is 30.1 Å². The predicted molar refractivity (Wildman–Crippen MR) is 243 cm³/mol. The number of phenols is 1. The van der Waals surface area contributed by atoms with E-state index in [1.54, 1.807) is 54.2 Å². The van der Waals surface area contributed by atoms with Crippen LogP contribution < -0.4 is 26.0 Å². The maximum atomic E-state index is 14.2. The number of hydrogen-bond acceptors (Lipinski definition) is 12. The van der Waals surface area contributed by atoms with Crippen LogP contribution >= 0.6 is 11.3 Å². The number of nitrogens with two attached hydrogens (primary N) is 1. The molecule has 6 N–H and O–H groups in total. The number of amides is 4. The smallest absolute Gasteiger partial charge is 0.249 e. The number of benzene rings is 3. The molecule has 332 valence electrons. The van der Waals surface area contributed by atoms with Crippen LogP contribution in [0.1, 0.15) is 76.6 Å². The molecule has 1 aliphatic rings. The van der Waals surface area contributed by atoms with Crippen molar-refractivity contribution in [1.82, 2.24) is 30.7 Å². The van der Waals surface area contributed by atoms with E-state index in [0.29, 0.717) is 36.2 Å². The first-order chi connectivity index (χ1) is 30.1. The number of likely N-dealkylation sites (tertiary alicyclic amines) is 1. The summed E-state index contributed by atoms with van der Waals surface area (Å²) in [5.41, 5.74) is 11.4. The van der Waals surface area contributed by atoms with E-state index in [0.717, 1.165) is 21.7 Å². The summed E-state index contributed by atoms with van der Waals surface area (Å²) in [4.78, 5) is 62.9. The molecular weight excluding hydrogens is 821 g/mol. The van der Waals surface area contributed by atoms with E-state index in [4.69, 9.17) is 10.5 Å². The number of rotatable bonds is 17. The molecule has 0 spiro atoms. The molecule has 0 bridgehead atoms. The quantitative estimate of drug-likeness (QED) is 0.0663. The van der Waals surface area contributed by atoms with Crippen LogP contribution in [0.2, 0.25) is 0 Å². The number of ether oxygens (including phenoxy) is 1. The number of thiazole rings is 1. The van der Waals surface area contributed by atoms with Crippen LogP contribution in [-0.4, -0.2) is 92.3 Å². The average Bonchev–Trinajstić information content (AvgIpc) is 3.89. The second-order valence-corrected chi connectivity index (χ2v) is 17.7. The van der Waals surface area contributed by atoms with Gasteiger partial charge in [-0.1, -0.05) is 81.8 Å². The van der Waals surface area contributed by atoms with Crippen molar-refractivity contribution in [2.75, 3.05) is 30.8 Å². The second kappa shape index (κ2) is 20.7. The molecule has 1 unspecified atom stereocenters. The Balaban J connectivity index is 0.994. The van der Waals surface area contributed by atoms with Crippen molar-refractivity contribution < 1.29 is 34.1 Å². The van der Waals surface area contributed by atoms with Crippen LogP contribution in [-0.2, 0) is 19.2 Å². The number of unbranched alkanes of at least 4 members (excludes halogenated alkanes) is 2. The first-order valence-electron chi connectivity index (χ1n) is 21.0. The van der Waals surface area contributed by atoms with Gasteiger partial charge in [0.25, 0.3) is 0 Å². The molecule has 1 fully saturated rings. The van der Waals surface area contributed by atoms with Crippen LogP contribution in [0.4, 0.5) is 11.5 Å². The van der Waals surface area contributed by atoms with Crippen molar-refractivity contribution in [1.29, 1.82) is 0 Å². The summed E-state index contributed by atoms with van der Waals surface area (Å²) < 4.78 is 6.07. The number of anilines is 2. The lowest BCUT2D eigenvalue weighted by molar-refractivity contribution is -0.143. The van der Waals surface area contributed by atoms with Crippen molar-refractivity contribution in [2.24, 2.45) is 5.41 Å². The summed E-state index contributed by atoms with van der Waals surface area (Å²) in [6.45, 7) is 7.51. The molecule has 4 atom stereocenters. The van der Waals surface area contributed by atoms with Crippen LogP contribution in [0, 0.1) is 12.3 Å². The summed E-state index contributed by atoms with van der Waals surface area (Å²) in [7, 11) is 1.65. The highest BCUT2D eigenvalue weighted by molar-refractivity contribution is 7.13. The van der Waals surface area contributed by atoms with Gasteiger partial charge in [0.15, 0.2) is 11.6 Å². The Morgan fingerprint density at radius 3 is 2.25 bits per heavy atom. The molecule has 1 saturated heterocycles.